The van der Waals surface area contributed by atoms with Crippen molar-refractivity contribution >= 4 is 27.5 Å². The van der Waals surface area contributed by atoms with Crippen molar-refractivity contribution in [1.82, 2.24) is 0 Å². The Bertz CT molecular complexity index is 524. The first-order valence-corrected chi connectivity index (χ1v) is 8.30. The van der Waals surface area contributed by atoms with E-state index in [1.807, 2.05) is 11.9 Å². The number of hydrogen-bond donors (Lipinski definition) is 2. The van der Waals surface area contributed by atoms with Crippen molar-refractivity contribution in [3.8, 4) is 0 Å². The van der Waals surface area contributed by atoms with Gasteiger partial charge in [-0.3, -0.25) is 5.41 Å². The van der Waals surface area contributed by atoms with Crippen molar-refractivity contribution in [2.75, 3.05) is 11.9 Å². The number of anilines is 1. The molecule has 0 unspecified atom stereocenters. The summed E-state index contributed by atoms with van der Waals surface area (Å²) >= 11 is 3.22. The van der Waals surface area contributed by atoms with Crippen molar-refractivity contribution < 1.29 is 4.39 Å². The predicted molar refractivity (Wildman–Crippen MR) is 89.6 cm³/mol. The van der Waals surface area contributed by atoms with E-state index in [-0.39, 0.29) is 16.1 Å². The lowest BCUT2D eigenvalue weighted by Crippen LogP contribution is -2.35. The van der Waals surface area contributed by atoms with Gasteiger partial charge in [-0.15, -0.1) is 0 Å². The summed E-state index contributed by atoms with van der Waals surface area (Å²) in [6.07, 6.45) is 5.91. The lowest BCUT2D eigenvalue weighted by Gasteiger charge is -2.36. The van der Waals surface area contributed by atoms with E-state index in [0.29, 0.717) is 17.3 Å². The maximum absolute atomic E-state index is 14.5. The molecule has 116 valence electrons. The Morgan fingerprint density at radius 2 is 2.00 bits per heavy atom. The smallest absolute Gasteiger partial charge is 0.161 e. The molecule has 0 heterocycles. The molecule has 0 atom stereocenters. The van der Waals surface area contributed by atoms with E-state index in [2.05, 4.69) is 22.9 Å². The van der Waals surface area contributed by atoms with Gasteiger partial charge in [0.1, 0.15) is 5.84 Å². The van der Waals surface area contributed by atoms with Gasteiger partial charge in [-0.2, -0.15) is 0 Å². The molecule has 0 radical (unpaired) electrons. The molecule has 0 bridgehead atoms. The normalized spacial score (nSPS) is 22.1. The van der Waals surface area contributed by atoms with Gasteiger partial charge in [-0.25, -0.2) is 4.39 Å². The second kappa shape index (κ2) is 6.77. The molecule has 1 aromatic carbocycles. The van der Waals surface area contributed by atoms with Gasteiger partial charge in [-0.1, -0.05) is 13.3 Å². The maximum atomic E-state index is 14.5. The number of nitrogen functional groups attached to an aromatic ring is 1. The van der Waals surface area contributed by atoms with E-state index in [1.165, 1.54) is 19.3 Å². The van der Waals surface area contributed by atoms with E-state index >= 15 is 0 Å². The molecule has 21 heavy (non-hydrogen) atoms. The number of nitrogens with zero attached hydrogens (tertiary/aromatic N) is 1. The number of hydrogen-bond acceptors (Lipinski definition) is 2. The minimum atomic E-state index is -0.331. The first-order chi connectivity index (χ1) is 9.95. The van der Waals surface area contributed by atoms with Gasteiger partial charge in [0, 0.05) is 18.7 Å². The second-order valence-corrected chi connectivity index (χ2v) is 6.66. The summed E-state index contributed by atoms with van der Waals surface area (Å²) in [7, 11) is 1.95. The van der Waals surface area contributed by atoms with Crippen LogP contribution >= 0.6 is 15.9 Å². The Labute approximate surface area is 134 Å². The van der Waals surface area contributed by atoms with Crippen molar-refractivity contribution in [2.45, 2.75) is 45.1 Å². The van der Waals surface area contributed by atoms with Crippen molar-refractivity contribution in [3.63, 3.8) is 0 Å². The fourth-order valence-corrected chi connectivity index (χ4v) is 3.71. The van der Waals surface area contributed by atoms with Gasteiger partial charge in [-0.05, 0) is 59.7 Å². The van der Waals surface area contributed by atoms with Crippen LogP contribution in [0.5, 0.6) is 0 Å². The molecule has 0 aromatic heterocycles. The Kier molecular flexibility index (Phi) is 5.25. The quantitative estimate of drug-likeness (QED) is 0.625. The van der Waals surface area contributed by atoms with Crippen molar-refractivity contribution in [2.24, 2.45) is 11.7 Å². The Morgan fingerprint density at radius 1 is 1.38 bits per heavy atom. The molecule has 2 rings (SSSR count). The van der Waals surface area contributed by atoms with Crippen LogP contribution in [0, 0.1) is 17.1 Å². The summed E-state index contributed by atoms with van der Waals surface area (Å²) in [5, 5.41) is 7.46. The van der Waals surface area contributed by atoms with E-state index in [4.69, 9.17) is 11.1 Å². The second-order valence-electron chi connectivity index (χ2n) is 5.87. The van der Waals surface area contributed by atoms with Gasteiger partial charge in [0.05, 0.1) is 10.2 Å². The maximum Gasteiger partial charge on any atom is 0.161 e. The molecule has 0 amide bonds. The molecule has 1 fully saturated rings. The topological polar surface area (TPSA) is 53.1 Å². The first-order valence-electron chi connectivity index (χ1n) is 7.50. The van der Waals surface area contributed by atoms with E-state index < -0.39 is 0 Å². The Morgan fingerprint density at radius 3 is 2.52 bits per heavy atom. The van der Waals surface area contributed by atoms with Crippen molar-refractivity contribution in [3.05, 3.63) is 28.0 Å². The highest BCUT2D eigenvalue weighted by molar-refractivity contribution is 9.10. The van der Waals surface area contributed by atoms with Gasteiger partial charge in [0.15, 0.2) is 5.82 Å². The van der Waals surface area contributed by atoms with Gasteiger partial charge in [0.2, 0.25) is 0 Å². The van der Waals surface area contributed by atoms with Crippen LogP contribution in [-0.2, 0) is 0 Å². The summed E-state index contributed by atoms with van der Waals surface area (Å²) in [5.41, 5.74) is 6.43. The number of amidine groups is 1. The molecular formula is C16H23BrFN3. The van der Waals surface area contributed by atoms with E-state index in [0.717, 1.165) is 18.8 Å². The summed E-state index contributed by atoms with van der Waals surface area (Å²) in [6, 6.07) is 3.82. The molecule has 0 spiro atoms. The number of nitrogens with one attached hydrogen (secondary N) is 1. The molecule has 0 saturated heterocycles. The third kappa shape index (κ3) is 3.39. The third-order valence-electron chi connectivity index (χ3n) is 4.67. The average Bonchev–Trinajstić information content (AvgIpc) is 2.49. The minimum absolute atomic E-state index is 0.126. The van der Waals surface area contributed by atoms with Gasteiger partial charge in [0.25, 0.3) is 0 Å². The highest BCUT2D eigenvalue weighted by Crippen LogP contribution is 2.34. The Balaban J connectivity index is 2.18. The molecule has 1 saturated carbocycles. The molecule has 1 aromatic rings. The summed E-state index contributed by atoms with van der Waals surface area (Å²) in [5.74, 6) is 0.368. The van der Waals surface area contributed by atoms with Crippen LogP contribution in [0.1, 0.15) is 44.6 Å². The zero-order valence-electron chi connectivity index (χ0n) is 12.6. The van der Waals surface area contributed by atoms with Crippen LogP contribution in [0.3, 0.4) is 0 Å². The Hall–Kier alpha value is -1.10. The monoisotopic (exact) mass is 355 g/mol. The lowest BCUT2D eigenvalue weighted by molar-refractivity contribution is 0.312. The number of rotatable bonds is 4. The summed E-state index contributed by atoms with van der Waals surface area (Å²) < 4.78 is 14.8. The molecule has 5 heteroatoms. The standard InChI is InChI=1S/C16H23BrFN3/c1-3-10-4-6-11(7-5-10)21(2)13-9-8-12(16(19)20)14(17)15(13)18/h8-11H,3-7H2,1-2H3,(H3,19,20). The molecule has 3 N–H and O–H groups in total. The predicted octanol–water partition coefficient (Wildman–Crippen LogP) is 4.28. The molecule has 1 aliphatic rings. The summed E-state index contributed by atoms with van der Waals surface area (Å²) in [4.78, 5) is 2.04. The molecule has 1 aliphatic carbocycles. The number of benzene rings is 1. The zero-order valence-corrected chi connectivity index (χ0v) is 14.2. The van der Waals surface area contributed by atoms with Crippen LogP contribution < -0.4 is 10.6 Å². The molecule has 0 aliphatic heterocycles. The number of halogens is 2. The van der Waals surface area contributed by atoms with E-state index in [1.54, 1.807) is 12.1 Å². The zero-order chi connectivity index (χ0) is 15.6. The van der Waals surface area contributed by atoms with Crippen LogP contribution in [0.4, 0.5) is 10.1 Å². The van der Waals surface area contributed by atoms with Crippen LogP contribution in [-0.4, -0.2) is 18.9 Å². The highest BCUT2D eigenvalue weighted by Gasteiger charge is 2.25. The van der Waals surface area contributed by atoms with Crippen LogP contribution in [0.25, 0.3) is 0 Å². The minimum Gasteiger partial charge on any atom is -0.384 e. The highest BCUT2D eigenvalue weighted by atomic mass is 79.9. The fraction of sp³-hybridized carbons (Fsp3) is 0.562. The van der Waals surface area contributed by atoms with Gasteiger partial charge < -0.3 is 10.6 Å². The van der Waals surface area contributed by atoms with Crippen molar-refractivity contribution in [1.29, 1.82) is 5.41 Å². The first kappa shape index (κ1) is 16.3. The molecular weight excluding hydrogens is 333 g/mol. The molecule has 3 nitrogen and oxygen atoms in total. The SMILES string of the molecule is CCC1CCC(N(C)c2ccc(C(=N)N)c(Br)c2F)CC1. The number of nitrogens with two attached hydrogens (primary N) is 1. The van der Waals surface area contributed by atoms with E-state index in [9.17, 15) is 4.39 Å². The average molecular weight is 356 g/mol. The lowest BCUT2D eigenvalue weighted by atomic mass is 9.84. The third-order valence-corrected chi connectivity index (χ3v) is 5.45. The fourth-order valence-electron chi connectivity index (χ4n) is 3.16. The van der Waals surface area contributed by atoms with Crippen LogP contribution in [0.15, 0.2) is 16.6 Å². The summed E-state index contributed by atoms with van der Waals surface area (Å²) in [6.45, 7) is 2.24. The largest absolute Gasteiger partial charge is 0.384 e. The van der Waals surface area contributed by atoms with Gasteiger partial charge >= 0.3 is 0 Å². The van der Waals surface area contributed by atoms with Crippen LogP contribution in [0.2, 0.25) is 0 Å².